The number of nitrogens with one attached hydrogen (secondary N) is 1. The fourth-order valence-corrected chi connectivity index (χ4v) is 3.34. The zero-order chi connectivity index (χ0) is 11.8. The van der Waals surface area contributed by atoms with E-state index < -0.39 is 0 Å². The molecule has 0 aromatic heterocycles. The van der Waals surface area contributed by atoms with Gasteiger partial charge < -0.3 is 5.32 Å². The molecule has 1 aromatic rings. The van der Waals surface area contributed by atoms with Crippen molar-refractivity contribution < 1.29 is 4.79 Å². The standard InChI is InChI=1S/C14H16ClNO/c15-11-7-3-4-8-12(11)16-14(17)13-9-5-1-2-6-10(9)13/h3-4,7-10,13H,1-2,5-6H2,(H,16,17)/t9-,10-/m1/s1. The van der Waals surface area contributed by atoms with Crippen LogP contribution >= 0.6 is 11.6 Å². The summed E-state index contributed by atoms with van der Waals surface area (Å²) in [5.74, 6) is 1.70. The van der Waals surface area contributed by atoms with Gasteiger partial charge in [0.15, 0.2) is 0 Å². The summed E-state index contributed by atoms with van der Waals surface area (Å²) in [4.78, 5) is 12.1. The predicted octanol–water partition coefficient (Wildman–Crippen LogP) is 3.71. The average Bonchev–Trinajstić information content (AvgIpc) is 3.06. The van der Waals surface area contributed by atoms with Gasteiger partial charge in [-0.25, -0.2) is 0 Å². The number of anilines is 1. The highest BCUT2D eigenvalue weighted by Gasteiger charge is 2.54. The molecule has 3 rings (SSSR count). The van der Waals surface area contributed by atoms with Crippen molar-refractivity contribution in [1.29, 1.82) is 0 Å². The van der Waals surface area contributed by atoms with Gasteiger partial charge in [0.05, 0.1) is 10.7 Å². The Labute approximate surface area is 106 Å². The van der Waals surface area contributed by atoms with E-state index in [1.54, 1.807) is 6.07 Å². The van der Waals surface area contributed by atoms with Crippen LogP contribution in [0.25, 0.3) is 0 Å². The predicted molar refractivity (Wildman–Crippen MR) is 69.0 cm³/mol. The summed E-state index contributed by atoms with van der Waals surface area (Å²) in [5.41, 5.74) is 0.739. The fourth-order valence-electron chi connectivity index (χ4n) is 3.16. The van der Waals surface area contributed by atoms with Gasteiger partial charge in [0.25, 0.3) is 0 Å². The Bertz CT molecular complexity index is 434. The van der Waals surface area contributed by atoms with Gasteiger partial charge in [-0.2, -0.15) is 0 Å². The highest BCUT2D eigenvalue weighted by Crippen LogP contribution is 2.55. The van der Waals surface area contributed by atoms with Crippen LogP contribution in [0.3, 0.4) is 0 Å². The average molecular weight is 250 g/mol. The van der Waals surface area contributed by atoms with Crippen molar-refractivity contribution in [2.24, 2.45) is 17.8 Å². The number of benzene rings is 1. The lowest BCUT2D eigenvalue weighted by Crippen LogP contribution is -2.15. The van der Waals surface area contributed by atoms with Crippen LogP contribution in [0.15, 0.2) is 24.3 Å². The van der Waals surface area contributed by atoms with Gasteiger partial charge in [0.1, 0.15) is 0 Å². The van der Waals surface area contributed by atoms with E-state index in [-0.39, 0.29) is 11.8 Å². The van der Waals surface area contributed by atoms with Crippen molar-refractivity contribution >= 4 is 23.2 Å². The van der Waals surface area contributed by atoms with E-state index in [1.807, 2.05) is 18.2 Å². The van der Waals surface area contributed by atoms with Crippen molar-refractivity contribution in [3.8, 4) is 0 Å². The third-order valence-electron chi connectivity index (χ3n) is 4.09. The number of para-hydroxylation sites is 1. The smallest absolute Gasteiger partial charge is 0.228 e. The zero-order valence-electron chi connectivity index (χ0n) is 9.66. The molecule has 0 saturated heterocycles. The number of hydrogen-bond acceptors (Lipinski definition) is 1. The Morgan fingerprint density at radius 1 is 1.18 bits per heavy atom. The van der Waals surface area contributed by atoms with Gasteiger partial charge in [-0.3, -0.25) is 4.79 Å². The Morgan fingerprint density at radius 3 is 2.47 bits per heavy atom. The molecule has 17 heavy (non-hydrogen) atoms. The molecule has 1 N–H and O–H groups in total. The molecular weight excluding hydrogens is 234 g/mol. The summed E-state index contributed by atoms with van der Waals surface area (Å²) in [6.45, 7) is 0. The van der Waals surface area contributed by atoms with Gasteiger partial charge in [-0.15, -0.1) is 0 Å². The van der Waals surface area contributed by atoms with Crippen molar-refractivity contribution in [2.45, 2.75) is 25.7 Å². The lowest BCUT2D eigenvalue weighted by molar-refractivity contribution is -0.117. The molecule has 0 heterocycles. The first kappa shape index (κ1) is 11.1. The van der Waals surface area contributed by atoms with Crippen molar-refractivity contribution in [1.82, 2.24) is 0 Å². The van der Waals surface area contributed by atoms with Crippen LogP contribution in [0.1, 0.15) is 25.7 Å². The van der Waals surface area contributed by atoms with Crippen molar-refractivity contribution in [2.75, 3.05) is 5.32 Å². The van der Waals surface area contributed by atoms with Gasteiger partial charge in [0.2, 0.25) is 5.91 Å². The molecule has 2 aliphatic rings. The third-order valence-corrected chi connectivity index (χ3v) is 4.42. The van der Waals surface area contributed by atoms with E-state index in [0.717, 1.165) is 5.69 Å². The second-order valence-electron chi connectivity index (χ2n) is 5.11. The van der Waals surface area contributed by atoms with Gasteiger partial charge in [-0.05, 0) is 36.8 Å². The number of halogens is 1. The molecule has 0 bridgehead atoms. The third kappa shape index (κ3) is 2.06. The highest BCUT2D eigenvalue weighted by molar-refractivity contribution is 6.33. The number of carbonyl (C=O) groups excluding carboxylic acids is 1. The minimum Gasteiger partial charge on any atom is -0.325 e. The first-order valence-electron chi connectivity index (χ1n) is 6.33. The first-order valence-corrected chi connectivity index (χ1v) is 6.70. The van der Waals surface area contributed by atoms with Crippen LogP contribution < -0.4 is 5.32 Å². The summed E-state index contributed by atoms with van der Waals surface area (Å²) in [6, 6.07) is 7.42. The van der Waals surface area contributed by atoms with E-state index in [4.69, 9.17) is 11.6 Å². The van der Waals surface area contributed by atoms with Gasteiger partial charge >= 0.3 is 0 Å². The second kappa shape index (κ2) is 4.34. The van der Waals surface area contributed by atoms with Gasteiger partial charge in [0, 0.05) is 5.92 Å². The summed E-state index contributed by atoms with van der Waals surface area (Å²) >= 11 is 6.03. The normalized spacial score (nSPS) is 30.5. The number of rotatable bonds is 2. The first-order chi connectivity index (χ1) is 8.27. The molecule has 2 atom stereocenters. The SMILES string of the molecule is O=C(Nc1ccccc1Cl)C1[C@@H]2CCCC[C@@H]12. The summed E-state index contributed by atoms with van der Waals surface area (Å²) in [6.07, 6.45) is 5.03. The maximum atomic E-state index is 12.1. The lowest BCUT2D eigenvalue weighted by atomic mass is 10.0. The van der Waals surface area contributed by atoms with Crippen LogP contribution in [0.2, 0.25) is 5.02 Å². The number of amides is 1. The Kier molecular flexibility index (Phi) is 2.83. The molecule has 2 saturated carbocycles. The minimum absolute atomic E-state index is 0.162. The maximum Gasteiger partial charge on any atom is 0.228 e. The quantitative estimate of drug-likeness (QED) is 0.851. The Morgan fingerprint density at radius 2 is 1.82 bits per heavy atom. The molecule has 3 heteroatoms. The number of carbonyl (C=O) groups is 1. The molecule has 2 aliphatic carbocycles. The molecular formula is C14H16ClNO. The topological polar surface area (TPSA) is 29.1 Å². The van der Waals surface area contributed by atoms with Crippen LogP contribution in [0.5, 0.6) is 0 Å². The molecule has 0 spiro atoms. The number of hydrogen-bond donors (Lipinski definition) is 1. The van der Waals surface area contributed by atoms with Crippen LogP contribution in [-0.2, 0) is 4.79 Å². The highest BCUT2D eigenvalue weighted by atomic mass is 35.5. The second-order valence-corrected chi connectivity index (χ2v) is 5.51. The summed E-state index contributed by atoms with van der Waals surface area (Å²) < 4.78 is 0. The summed E-state index contributed by atoms with van der Waals surface area (Å²) in [7, 11) is 0. The van der Waals surface area contributed by atoms with Crippen LogP contribution in [0.4, 0.5) is 5.69 Å². The summed E-state index contributed by atoms with van der Waals surface area (Å²) in [5, 5.41) is 3.57. The van der Waals surface area contributed by atoms with E-state index in [2.05, 4.69) is 5.32 Å². The largest absolute Gasteiger partial charge is 0.325 e. The lowest BCUT2D eigenvalue weighted by Gasteiger charge is -2.06. The van der Waals surface area contributed by atoms with Crippen molar-refractivity contribution in [3.63, 3.8) is 0 Å². The van der Waals surface area contributed by atoms with E-state index in [0.29, 0.717) is 16.9 Å². The molecule has 90 valence electrons. The van der Waals surface area contributed by atoms with Gasteiger partial charge in [-0.1, -0.05) is 36.6 Å². The maximum absolute atomic E-state index is 12.1. The monoisotopic (exact) mass is 249 g/mol. The van der Waals surface area contributed by atoms with Crippen LogP contribution in [0, 0.1) is 17.8 Å². The van der Waals surface area contributed by atoms with E-state index in [9.17, 15) is 4.79 Å². The number of fused-ring (bicyclic) bond motifs is 1. The van der Waals surface area contributed by atoms with Crippen molar-refractivity contribution in [3.05, 3.63) is 29.3 Å². The zero-order valence-corrected chi connectivity index (χ0v) is 10.4. The van der Waals surface area contributed by atoms with E-state index in [1.165, 1.54) is 25.7 Å². The molecule has 1 amide bonds. The Balaban J connectivity index is 1.67. The molecule has 0 aliphatic heterocycles. The molecule has 2 nitrogen and oxygen atoms in total. The van der Waals surface area contributed by atoms with E-state index >= 15 is 0 Å². The Hall–Kier alpha value is -1.02. The molecule has 0 unspecified atom stereocenters. The van der Waals surface area contributed by atoms with Crippen LogP contribution in [-0.4, -0.2) is 5.91 Å². The molecule has 2 fully saturated rings. The molecule has 1 aromatic carbocycles. The fraction of sp³-hybridized carbons (Fsp3) is 0.500. The minimum atomic E-state index is 0.162. The molecule has 0 radical (unpaired) electrons.